The Labute approximate surface area is 127 Å². The van der Waals surface area contributed by atoms with Crippen molar-refractivity contribution in [3.63, 3.8) is 0 Å². The molecule has 1 amide bonds. The first kappa shape index (κ1) is 17.0. The highest BCUT2D eigenvalue weighted by Crippen LogP contribution is 2.22. The molecule has 5 nitrogen and oxygen atoms in total. The Morgan fingerprint density at radius 1 is 1.55 bits per heavy atom. The highest BCUT2D eigenvalue weighted by molar-refractivity contribution is 7.98. The predicted molar refractivity (Wildman–Crippen MR) is 82.8 cm³/mol. The summed E-state index contributed by atoms with van der Waals surface area (Å²) in [7, 11) is 1.33. The van der Waals surface area contributed by atoms with Crippen molar-refractivity contribution in [1.82, 2.24) is 5.32 Å². The van der Waals surface area contributed by atoms with Crippen molar-refractivity contribution in [3.05, 3.63) is 22.4 Å². The van der Waals surface area contributed by atoms with Gasteiger partial charge in [-0.05, 0) is 29.9 Å². The molecule has 0 radical (unpaired) electrons. The maximum absolute atomic E-state index is 12.0. The number of rotatable bonds is 8. The normalized spacial score (nSPS) is 13.6. The molecule has 20 heavy (non-hydrogen) atoms. The Morgan fingerprint density at radius 2 is 2.30 bits per heavy atom. The maximum Gasteiger partial charge on any atom is 0.307 e. The van der Waals surface area contributed by atoms with Gasteiger partial charge in [0.25, 0.3) is 0 Å². The van der Waals surface area contributed by atoms with Crippen molar-refractivity contribution in [2.75, 3.05) is 19.1 Å². The topological polar surface area (TPSA) is 81.4 Å². The first-order valence-corrected chi connectivity index (χ1v) is 8.51. The van der Waals surface area contributed by atoms with Gasteiger partial charge in [-0.3, -0.25) is 9.59 Å². The molecule has 0 bridgehead atoms. The predicted octanol–water partition coefficient (Wildman–Crippen LogP) is 1.55. The van der Waals surface area contributed by atoms with Gasteiger partial charge in [0.1, 0.15) is 0 Å². The van der Waals surface area contributed by atoms with E-state index in [1.807, 2.05) is 23.8 Å². The van der Waals surface area contributed by atoms with Gasteiger partial charge >= 0.3 is 5.97 Å². The molecular formula is C13H20N2O3S2. The van der Waals surface area contributed by atoms with E-state index in [0.717, 1.165) is 10.6 Å². The van der Waals surface area contributed by atoms with E-state index in [0.29, 0.717) is 6.42 Å². The lowest BCUT2D eigenvalue weighted by atomic mass is 10.1. The number of nitrogens with one attached hydrogen (secondary N) is 1. The molecule has 0 spiro atoms. The average Bonchev–Trinajstić information content (AvgIpc) is 2.97. The maximum atomic E-state index is 12.0. The minimum atomic E-state index is -0.553. The van der Waals surface area contributed by atoms with Crippen LogP contribution in [0, 0.1) is 0 Å². The Kier molecular flexibility index (Phi) is 7.64. The number of thiophene rings is 1. The Bertz CT molecular complexity index is 423. The summed E-state index contributed by atoms with van der Waals surface area (Å²) in [6.45, 7) is 0. The minimum absolute atomic E-state index is 0.109. The van der Waals surface area contributed by atoms with Crippen LogP contribution >= 0.6 is 23.1 Å². The van der Waals surface area contributed by atoms with Crippen LogP contribution in [0.5, 0.6) is 0 Å². The van der Waals surface area contributed by atoms with E-state index in [9.17, 15) is 9.59 Å². The van der Waals surface area contributed by atoms with Crippen molar-refractivity contribution >= 4 is 35.0 Å². The SMILES string of the molecule is COC(=O)CC(NC(=O)[C@@H](N)CCSC)c1cccs1. The van der Waals surface area contributed by atoms with Crippen LogP contribution in [-0.2, 0) is 14.3 Å². The zero-order valence-corrected chi connectivity index (χ0v) is 13.3. The van der Waals surface area contributed by atoms with Crippen LogP contribution in [0.2, 0.25) is 0 Å². The first-order valence-electron chi connectivity index (χ1n) is 6.23. The third kappa shape index (κ3) is 5.52. The molecule has 7 heteroatoms. The summed E-state index contributed by atoms with van der Waals surface area (Å²) in [5, 5.41) is 4.73. The fourth-order valence-corrected chi connectivity index (χ4v) is 2.88. The van der Waals surface area contributed by atoms with Crippen LogP contribution < -0.4 is 11.1 Å². The second kappa shape index (κ2) is 8.99. The van der Waals surface area contributed by atoms with Crippen molar-refractivity contribution in [3.8, 4) is 0 Å². The zero-order valence-electron chi connectivity index (χ0n) is 11.6. The largest absolute Gasteiger partial charge is 0.469 e. The summed E-state index contributed by atoms with van der Waals surface area (Å²) in [4.78, 5) is 24.4. The fourth-order valence-electron chi connectivity index (χ4n) is 1.62. The van der Waals surface area contributed by atoms with Crippen molar-refractivity contribution < 1.29 is 14.3 Å². The van der Waals surface area contributed by atoms with Gasteiger partial charge in [0.2, 0.25) is 5.91 Å². The third-order valence-electron chi connectivity index (χ3n) is 2.77. The molecule has 0 saturated heterocycles. The molecular weight excluding hydrogens is 296 g/mol. The van der Waals surface area contributed by atoms with E-state index in [-0.39, 0.29) is 24.3 Å². The second-order valence-electron chi connectivity index (χ2n) is 4.24. The summed E-state index contributed by atoms with van der Waals surface area (Å²) in [6, 6.07) is 2.83. The van der Waals surface area contributed by atoms with Gasteiger partial charge in [0, 0.05) is 4.88 Å². The van der Waals surface area contributed by atoms with E-state index in [2.05, 4.69) is 10.1 Å². The number of carbonyl (C=O) groups excluding carboxylic acids is 2. The smallest absolute Gasteiger partial charge is 0.307 e. The summed E-state index contributed by atoms with van der Waals surface area (Å²) in [5.74, 6) is 0.234. The summed E-state index contributed by atoms with van der Waals surface area (Å²) in [6.07, 6.45) is 2.69. The van der Waals surface area contributed by atoms with Crippen LogP contribution in [-0.4, -0.2) is 37.0 Å². The van der Waals surface area contributed by atoms with Crippen LogP contribution in [0.3, 0.4) is 0 Å². The monoisotopic (exact) mass is 316 g/mol. The van der Waals surface area contributed by atoms with E-state index in [1.54, 1.807) is 11.8 Å². The van der Waals surface area contributed by atoms with Crippen LogP contribution in [0.1, 0.15) is 23.8 Å². The number of nitrogens with two attached hydrogens (primary N) is 1. The number of methoxy groups -OCH3 is 1. The number of hydrogen-bond donors (Lipinski definition) is 2. The van der Waals surface area contributed by atoms with E-state index in [1.165, 1.54) is 18.4 Å². The molecule has 0 saturated carbocycles. The Morgan fingerprint density at radius 3 is 2.85 bits per heavy atom. The fraction of sp³-hybridized carbons (Fsp3) is 0.538. The van der Waals surface area contributed by atoms with Gasteiger partial charge in [-0.1, -0.05) is 6.07 Å². The van der Waals surface area contributed by atoms with Gasteiger partial charge in [-0.15, -0.1) is 11.3 Å². The number of hydrogen-bond acceptors (Lipinski definition) is 6. The summed E-state index contributed by atoms with van der Waals surface area (Å²) in [5.41, 5.74) is 5.83. The number of esters is 1. The lowest BCUT2D eigenvalue weighted by Crippen LogP contribution is -2.43. The molecule has 1 heterocycles. The third-order valence-corrected chi connectivity index (χ3v) is 4.40. The standard InChI is InChI=1S/C13H20N2O3S2/c1-18-12(16)8-10(11-4-3-6-20-11)15-13(17)9(14)5-7-19-2/h3-4,6,9-10H,5,7-8,14H2,1-2H3,(H,15,17)/t9-,10?/m0/s1. The average molecular weight is 316 g/mol. The Hall–Kier alpha value is -1.05. The highest BCUT2D eigenvalue weighted by Gasteiger charge is 2.22. The molecule has 2 atom stereocenters. The molecule has 1 unspecified atom stereocenters. The van der Waals surface area contributed by atoms with Crippen molar-refractivity contribution in [1.29, 1.82) is 0 Å². The number of carbonyl (C=O) groups is 2. The lowest BCUT2D eigenvalue weighted by Gasteiger charge is -2.19. The molecule has 1 aromatic rings. The number of amides is 1. The summed E-state index contributed by atoms with van der Waals surface area (Å²) < 4.78 is 4.67. The van der Waals surface area contributed by atoms with Crippen LogP contribution in [0.25, 0.3) is 0 Å². The van der Waals surface area contributed by atoms with Gasteiger partial charge < -0.3 is 15.8 Å². The molecule has 1 aromatic heterocycles. The zero-order chi connectivity index (χ0) is 15.0. The van der Waals surface area contributed by atoms with Gasteiger partial charge in [-0.25, -0.2) is 0 Å². The molecule has 0 aliphatic carbocycles. The van der Waals surface area contributed by atoms with Gasteiger partial charge in [-0.2, -0.15) is 11.8 Å². The minimum Gasteiger partial charge on any atom is -0.469 e. The molecule has 0 aliphatic heterocycles. The van der Waals surface area contributed by atoms with E-state index in [4.69, 9.17) is 5.73 Å². The van der Waals surface area contributed by atoms with E-state index < -0.39 is 6.04 Å². The molecule has 112 valence electrons. The van der Waals surface area contributed by atoms with Crippen LogP contribution in [0.15, 0.2) is 17.5 Å². The molecule has 0 aromatic carbocycles. The molecule has 0 fully saturated rings. The number of thioether (sulfide) groups is 1. The molecule has 3 N–H and O–H groups in total. The summed E-state index contributed by atoms with van der Waals surface area (Å²) >= 11 is 3.13. The highest BCUT2D eigenvalue weighted by atomic mass is 32.2. The molecule has 0 aliphatic rings. The lowest BCUT2D eigenvalue weighted by molar-refractivity contribution is -0.141. The number of ether oxygens (including phenoxy) is 1. The first-order chi connectivity index (χ1) is 9.58. The van der Waals surface area contributed by atoms with Crippen molar-refractivity contribution in [2.45, 2.75) is 24.9 Å². The van der Waals surface area contributed by atoms with Gasteiger partial charge in [0.15, 0.2) is 0 Å². The molecule has 1 rings (SSSR count). The van der Waals surface area contributed by atoms with E-state index >= 15 is 0 Å². The quantitative estimate of drug-likeness (QED) is 0.711. The van der Waals surface area contributed by atoms with Crippen LogP contribution in [0.4, 0.5) is 0 Å². The van der Waals surface area contributed by atoms with Crippen molar-refractivity contribution in [2.24, 2.45) is 5.73 Å². The Balaban J connectivity index is 2.65. The second-order valence-corrected chi connectivity index (χ2v) is 6.21. The van der Waals surface area contributed by atoms with Gasteiger partial charge in [0.05, 0.1) is 25.6 Å².